The van der Waals surface area contributed by atoms with Gasteiger partial charge in [0.05, 0.1) is 23.5 Å². The molecule has 24 heavy (non-hydrogen) atoms. The molecule has 0 aromatic heterocycles. The predicted octanol–water partition coefficient (Wildman–Crippen LogP) is 1.86. The molecule has 1 saturated carbocycles. The topological polar surface area (TPSA) is 67.8 Å². The van der Waals surface area contributed by atoms with Gasteiger partial charge in [-0.1, -0.05) is 25.0 Å². The number of para-hydroxylation sites is 2. The molecular weight excluding hydrogens is 304 g/mol. The van der Waals surface area contributed by atoms with Crippen molar-refractivity contribution in [2.24, 2.45) is 0 Å². The highest BCUT2D eigenvalue weighted by Crippen LogP contribution is 2.26. The second-order valence-electron chi connectivity index (χ2n) is 6.86. The van der Waals surface area contributed by atoms with Gasteiger partial charge in [0.2, 0.25) is 0 Å². The maximum absolute atomic E-state index is 12.4. The Hall–Kier alpha value is -1.79. The summed E-state index contributed by atoms with van der Waals surface area (Å²) in [4.78, 5) is 17.0. The van der Waals surface area contributed by atoms with E-state index in [-0.39, 0.29) is 12.1 Å². The number of hydrogen-bond acceptors (Lipinski definition) is 4. The first-order chi connectivity index (χ1) is 11.6. The normalized spacial score (nSPS) is 25.3. The molecule has 2 amide bonds. The van der Waals surface area contributed by atoms with Crippen LogP contribution in [0.25, 0.3) is 0 Å². The molecule has 1 aromatic carbocycles. The molecule has 0 radical (unpaired) electrons. The largest absolute Gasteiger partial charge is 0.391 e. The van der Waals surface area contributed by atoms with Crippen molar-refractivity contribution < 1.29 is 9.90 Å². The van der Waals surface area contributed by atoms with Crippen molar-refractivity contribution in [2.45, 2.75) is 37.8 Å². The molecule has 2 unspecified atom stereocenters. The molecule has 2 aliphatic rings. The second-order valence-corrected chi connectivity index (χ2v) is 6.86. The fourth-order valence-electron chi connectivity index (χ4n) is 3.51. The first-order valence-corrected chi connectivity index (χ1v) is 8.91. The lowest BCUT2D eigenvalue weighted by Crippen LogP contribution is -2.47. The predicted molar refractivity (Wildman–Crippen MR) is 96.6 cm³/mol. The van der Waals surface area contributed by atoms with E-state index < -0.39 is 6.10 Å². The number of urea groups is 1. The quantitative estimate of drug-likeness (QED) is 0.790. The molecule has 2 atom stereocenters. The summed E-state index contributed by atoms with van der Waals surface area (Å²) >= 11 is 0. The van der Waals surface area contributed by atoms with E-state index in [1.165, 1.54) is 0 Å². The van der Waals surface area contributed by atoms with Crippen molar-refractivity contribution in [1.29, 1.82) is 0 Å². The van der Waals surface area contributed by atoms with Gasteiger partial charge in [0.15, 0.2) is 0 Å². The Morgan fingerprint density at radius 1 is 1.12 bits per heavy atom. The van der Waals surface area contributed by atoms with Crippen molar-refractivity contribution in [3.8, 4) is 0 Å². The number of nitrogens with one attached hydrogen (secondary N) is 2. The molecule has 1 aromatic rings. The molecule has 3 rings (SSSR count). The number of piperazine rings is 1. The number of likely N-dealkylation sites (N-methyl/N-ethyl adjacent to an activating group) is 1. The Bertz CT molecular complexity index is 558. The third-order valence-corrected chi connectivity index (χ3v) is 5.04. The van der Waals surface area contributed by atoms with E-state index in [4.69, 9.17) is 0 Å². The van der Waals surface area contributed by atoms with Crippen molar-refractivity contribution >= 4 is 17.4 Å². The molecule has 0 bridgehead atoms. The molecule has 1 saturated heterocycles. The Balaban J connectivity index is 1.63. The van der Waals surface area contributed by atoms with E-state index in [0.717, 1.165) is 63.2 Å². The molecule has 0 spiro atoms. The zero-order valence-corrected chi connectivity index (χ0v) is 14.4. The number of aliphatic hydroxyl groups is 1. The van der Waals surface area contributed by atoms with Crippen molar-refractivity contribution in [2.75, 3.05) is 43.4 Å². The summed E-state index contributed by atoms with van der Waals surface area (Å²) in [6.45, 7) is 3.96. The first kappa shape index (κ1) is 17.0. The summed E-state index contributed by atoms with van der Waals surface area (Å²) in [5.41, 5.74) is 1.88. The van der Waals surface area contributed by atoms with Gasteiger partial charge >= 0.3 is 6.03 Å². The van der Waals surface area contributed by atoms with E-state index in [9.17, 15) is 9.90 Å². The highest BCUT2D eigenvalue weighted by molar-refractivity contribution is 5.93. The van der Waals surface area contributed by atoms with Crippen LogP contribution in [0.5, 0.6) is 0 Å². The minimum atomic E-state index is -0.433. The SMILES string of the molecule is CN1CCN(c2ccccc2NC(=O)NC2CCCCC2O)CC1. The van der Waals surface area contributed by atoms with Crippen LogP contribution in [0.4, 0.5) is 16.2 Å². The highest BCUT2D eigenvalue weighted by atomic mass is 16.3. The van der Waals surface area contributed by atoms with Gasteiger partial charge in [-0.25, -0.2) is 4.79 Å². The molecule has 6 heteroatoms. The van der Waals surface area contributed by atoms with E-state index in [1.54, 1.807) is 0 Å². The molecular formula is C18H28N4O2. The van der Waals surface area contributed by atoms with Crippen LogP contribution in [0.15, 0.2) is 24.3 Å². The Morgan fingerprint density at radius 2 is 1.83 bits per heavy atom. The van der Waals surface area contributed by atoms with Gasteiger partial charge < -0.3 is 25.5 Å². The number of rotatable bonds is 3. The number of nitrogens with zero attached hydrogens (tertiary/aromatic N) is 2. The number of carbonyl (C=O) groups excluding carboxylic acids is 1. The van der Waals surface area contributed by atoms with Crippen molar-refractivity contribution in [3.05, 3.63) is 24.3 Å². The van der Waals surface area contributed by atoms with E-state index in [2.05, 4.69) is 33.5 Å². The number of amides is 2. The molecule has 1 aliphatic heterocycles. The summed E-state index contributed by atoms with van der Waals surface area (Å²) in [6, 6.07) is 7.55. The highest BCUT2D eigenvalue weighted by Gasteiger charge is 2.25. The zero-order chi connectivity index (χ0) is 16.9. The number of hydrogen-bond donors (Lipinski definition) is 3. The number of carbonyl (C=O) groups is 1. The monoisotopic (exact) mass is 332 g/mol. The third kappa shape index (κ3) is 4.19. The maximum Gasteiger partial charge on any atom is 0.319 e. The van der Waals surface area contributed by atoms with Crippen LogP contribution in [-0.2, 0) is 0 Å². The summed E-state index contributed by atoms with van der Waals surface area (Å²) in [7, 11) is 2.13. The van der Waals surface area contributed by atoms with Gasteiger partial charge in [0, 0.05) is 26.2 Å². The van der Waals surface area contributed by atoms with Crippen molar-refractivity contribution in [1.82, 2.24) is 10.2 Å². The lowest BCUT2D eigenvalue weighted by molar-refractivity contribution is 0.0955. The van der Waals surface area contributed by atoms with Crippen LogP contribution in [0.1, 0.15) is 25.7 Å². The Kier molecular flexibility index (Phi) is 5.58. The lowest BCUT2D eigenvalue weighted by atomic mass is 9.93. The smallest absolute Gasteiger partial charge is 0.319 e. The van der Waals surface area contributed by atoms with E-state index in [0.29, 0.717) is 0 Å². The number of benzene rings is 1. The van der Waals surface area contributed by atoms with Crippen LogP contribution < -0.4 is 15.5 Å². The minimum absolute atomic E-state index is 0.144. The minimum Gasteiger partial charge on any atom is -0.391 e. The zero-order valence-electron chi connectivity index (χ0n) is 14.4. The number of aliphatic hydroxyl groups excluding tert-OH is 1. The van der Waals surface area contributed by atoms with Crippen molar-refractivity contribution in [3.63, 3.8) is 0 Å². The van der Waals surface area contributed by atoms with Gasteiger partial charge in [-0.2, -0.15) is 0 Å². The lowest BCUT2D eigenvalue weighted by Gasteiger charge is -2.35. The summed E-state index contributed by atoms with van der Waals surface area (Å²) in [6.07, 6.45) is 3.27. The van der Waals surface area contributed by atoms with Gasteiger partial charge in [-0.05, 0) is 32.0 Å². The molecule has 2 fully saturated rings. The Labute approximate surface area is 143 Å². The third-order valence-electron chi connectivity index (χ3n) is 5.04. The molecule has 3 N–H and O–H groups in total. The van der Waals surface area contributed by atoms with Gasteiger partial charge in [-0.15, -0.1) is 0 Å². The average molecular weight is 332 g/mol. The van der Waals surface area contributed by atoms with E-state index in [1.807, 2.05) is 18.2 Å². The van der Waals surface area contributed by atoms with Crippen LogP contribution in [0, 0.1) is 0 Å². The molecule has 1 aliphatic carbocycles. The standard InChI is InChI=1S/C18H28N4O2/c1-21-10-12-22(13-11-21)16-8-4-2-6-14(16)19-18(24)20-15-7-3-5-9-17(15)23/h2,4,6,8,15,17,23H,3,5,7,9-13H2,1H3,(H2,19,20,24). The maximum atomic E-state index is 12.4. The first-order valence-electron chi connectivity index (χ1n) is 8.91. The second kappa shape index (κ2) is 7.85. The fraction of sp³-hybridized carbons (Fsp3) is 0.611. The van der Waals surface area contributed by atoms with Gasteiger partial charge in [0.25, 0.3) is 0 Å². The fourth-order valence-corrected chi connectivity index (χ4v) is 3.51. The number of anilines is 2. The van der Waals surface area contributed by atoms with Crippen LogP contribution in [-0.4, -0.2) is 61.4 Å². The average Bonchev–Trinajstić information content (AvgIpc) is 2.58. The summed E-state index contributed by atoms with van der Waals surface area (Å²) in [5.74, 6) is 0. The molecule has 1 heterocycles. The van der Waals surface area contributed by atoms with Gasteiger partial charge in [-0.3, -0.25) is 0 Å². The van der Waals surface area contributed by atoms with Gasteiger partial charge in [0.1, 0.15) is 0 Å². The summed E-state index contributed by atoms with van der Waals surface area (Å²) < 4.78 is 0. The molecule has 132 valence electrons. The summed E-state index contributed by atoms with van der Waals surface area (Å²) in [5, 5.41) is 15.9. The van der Waals surface area contributed by atoms with E-state index >= 15 is 0 Å². The Morgan fingerprint density at radius 3 is 2.58 bits per heavy atom. The van der Waals surface area contributed by atoms with Crippen LogP contribution in [0.2, 0.25) is 0 Å². The van der Waals surface area contributed by atoms with Crippen LogP contribution in [0.3, 0.4) is 0 Å². The van der Waals surface area contributed by atoms with Crippen LogP contribution >= 0.6 is 0 Å². The molecule has 6 nitrogen and oxygen atoms in total.